The standard InChI is InChI=1S/C6H6O2/c7-5-2-1-3-6(8)4-5/h1-4,7-8H/i1D,2D,3D,4D. The molecule has 0 aliphatic heterocycles. The van der Waals surface area contributed by atoms with Crippen molar-refractivity contribution in [3.05, 3.63) is 24.2 Å². The lowest BCUT2D eigenvalue weighted by atomic mass is 10.3. The van der Waals surface area contributed by atoms with Crippen LogP contribution in [0.5, 0.6) is 11.5 Å². The molecule has 1 aromatic rings. The van der Waals surface area contributed by atoms with Crippen LogP contribution in [0.25, 0.3) is 0 Å². The zero-order valence-corrected chi connectivity index (χ0v) is 3.89. The number of hydrogen-bond acceptors (Lipinski definition) is 2. The maximum atomic E-state index is 8.95. The molecule has 0 saturated heterocycles. The maximum Gasteiger partial charge on any atom is 0.119 e. The van der Waals surface area contributed by atoms with E-state index in [2.05, 4.69) is 0 Å². The molecular weight excluding hydrogens is 104 g/mol. The van der Waals surface area contributed by atoms with E-state index in [9.17, 15) is 0 Å². The molecule has 0 heterocycles. The Balaban J connectivity index is 3.60. The molecule has 1 aromatic carbocycles. The summed E-state index contributed by atoms with van der Waals surface area (Å²) >= 11 is 0. The number of phenolic OH excluding ortho intramolecular Hbond substituents is 2. The molecule has 2 heteroatoms. The normalized spacial score (nSPS) is 16.0. The van der Waals surface area contributed by atoms with E-state index in [4.69, 9.17) is 15.7 Å². The van der Waals surface area contributed by atoms with E-state index in [-0.39, 0.29) is 0 Å². The summed E-state index contributed by atoms with van der Waals surface area (Å²) in [6.45, 7) is 0. The molecule has 0 unspecified atom stereocenters. The minimum absolute atomic E-state index is 0.582. The Kier molecular flexibility index (Phi) is 0.429. The molecule has 42 valence electrons. The van der Waals surface area contributed by atoms with E-state index in [0.717, 1.165) is 0 Å². The second-order valence-corrected chi connectivity index (χ2v) is 1.20. The highest BCUT2D eigenvalue weighted by Crippen LogP contribution is 2.14. The van der Waals surface area contributed by atoms with Crippen LogP contribution in [0, 0.1) is 0 Å². The molecule has 0 amide bonds. The number of phenols is 2. The van der Waals surface area contributed by atoms with Gasteiger partial charge >= 0.3 is 0 Å². The SMILES string of the molecule is [2H]c1c([2H])c(O)c([2H])c(O)c1[2H]. The van der Waals surface area contributed by atoms with Gasteiger partial charge < -0.3 is 10.2 Å². The highest BCUT2D eigenvalue weighted by atomic mass is 16.3. The van der Waals surface area contributed by atoms with Crippen molar-refractivity contribution in [2.75, 3.05) is 0 Å². The van der Waals surface area contributed by atoms with Gasteiger partial charge in [-0.05, 0) is 12.1 Å². The molecule has 0 atom stereocenters. The van der Waals surface area contributed by atoms with Crippen LogP contribution in [-0.4, -0.2) is 10.2 Å². The van der Waals surface area contributed by atoms with Crippen LogP contribution < -0.4 is 0 Å². The van der Waals surface area contributed by atoms with Crippen molar-refractivity contribution < 1.29 is 15.7 Å². The van der Waals surface area contributed by atoms with Gasteiger partial charge in [0.1, 0.15) is 11.5 Å². The Hall–Kier alpha value is -1.18. The van der Waals surface area contributed by atoms with Gasteiger partial charge in [0.25, 0.3) is 0 Å². The summed E-state index contributed by atoms with van der Waals surface area (Å²) in [4.78, 5) is 0. The lowest BCUT2D eigenvalue weighted by molar-refractivity contribution is 0.450. The topological polar surface area (TPSA) is 40.5 Å². The first-order valence-corrected chi connectivity index (χ1v) is 1.95. The number of aromatic hydroxyl groups is 2. The first-order valence-electron chi connectivity index (χ1n) is 3.95. The zero-order valence-electron chi connectivity index (χ0n) is 7.89. The number of hydrogen-bond donors (Lipinski definition) is 2. The highest BCUT2D eigenvalue weighted by Gasteiger charge is 1.85. The van der Waals surface area contributed by atoms with Crippen molar-refractivity contribution in [3.63, 3.8) is 0 Å². The van der Waals surface area contributed by atoms with Crippen LogP contribution in [0.1, 0.15) is 5.48 Å². The molecule has 2 N–H and O–H groups in total. The zero-order chi connectivity index (χ0) is 9.46. The van der Waals surface area contributed by atoms with Gasteiger partial charge in [-0.3, -0.25) is 0 Å². The molecule has 0 aliphatic carbocycles. The smallest absolute Gasteiger partial charge is 0.119 e. The fourth-order valence-electron chi connectivity index (χ4n) is 0.324. The molecule has 0 aromatic heterocycles. The predicted octanol–water partition coefficient (Wildman–Crippen LogP) is 1.10. The van der Waals surface area contributed by atoms with Crippen LogP contribution in [0.4, 0.5) is 0 Å². The maximum absolute atomic E-state index is 8.95. The first kappa shape index (κ1) is 1.97. The Morgan fingerprint density at radius 3 is 2.25 bits per heavy atom. The van der Waals surface area contributed by atoms with E-state index in [0.29, 0.717) is 0 Å². The van der Waals surface area contributed by atoms with E-state index in [1.165, 1.54) is 0 Å². The van der Waals surface area contributed by atoms with Gasteiger partial charge in [0, 0.05) is 6.04 Å². The van der Waals surface area contributed by atoms with Crippen molar-refractivity contribution in [1.82, 2.24) is 0 Å². The fourth-order valence-corrected chi connectivity index (χ4v) is 0.324. The summed E-state index contributed by atoms with van der Waals surface area (Å²) in [6, 6.07) is -2.48. The van der Waals surface area contributed by atoms with Gasteiger partial charge in [0.2, 0.25) is 0 Å². The monoisotopic (exact) mass is 114 g/mol. The molecule has 0 spiro atoms. The molecular formula is C6H6O2. The molecule has 2 nitrogen and oxygen atoms in total. The van der Waals surface area contributed by atoms with E-state index < -0.39 is 35.7 Å². The lowest BCUT2D eigenvalue weighted by Crippen LogP contribution is -1.61. The molecule has 1 rings (SSSR count). The third-order valence-corrected chi connectivity index (χ3v) is 0.599. The molecule has 0 aliphatic rings. The minimum Gasteiger partial charge on any atom is -0.508 e. The van der Waals surface area contributed by atoms with Crippen molar-refractivity contribution in [1.29, 1.82) is 0 Å². The van der Waals surface area contributed by atoms with Crippen LogP contribution >= 0.6 is 0 Å². The Morgan fingerprint density at radius 2 is 1.75 bits per heavy atom. The van der Waals surface area contributed by atoms with Gasteiger partial charge in [-0.2, -0.15) is 0 Å². The molecule has 0 saturated carbocycles. The van der Waals surface area contributed by atoms with E-state index in [1.54, 1.807) is 0 Å². The summed E-state index contributed by atoms with van der Waals surface area (Å²) in [5.41, 5.74) is 0. The van der Waals surface area contributed by atoms with Crippen LogP contribution in [0.3, 0.4) is 0 Å². The van der Waals surface area contributed by atoms with Crippen molar-refractivity contribution in [2.24, 2.45) is 0 Å². The lowest BCUT2D eigenvalue weighted by Gasteiger charge is -1.89. The van der Waals surface area contributed by atoms with Gasteiger partial charge in [-0.15, -0.1) is 0 Å². The minimum atomic E-state index is -0.770. The highest BCUT2D eigenvalue weighted by molar-refractivity contribution is 5.30. The number of benzene rings is 1. The summed E-state index contributed by atoms with van der Waals surface area (Å²) in [7, 11) is 0. The third kappa shape index (κ3) is 0.904. The third-order valence-electron chi connectivity index (χ3n) is 0.599. The second-order valence-electron chi connectivity index (χ2n) is 1.20. The molecule has 0 bridgehead atoms. The van der Waals surface area contributed by atoms with Crippen LogP contribution in [0.2, 0.25) is 0 Å². The van der Waals surface area contributed by atoms with Crippen molar-refractivity contribution >= 4 is 0 Å². The van der Waals surface area contributed by atoms with Crippen molar-refractivity contribution in [2.45, 2.75) is 0 Å². The van der Waals surface area contributed by atoms with Gasteiger partial charge in [0.15, 0.2) is 0 Å². The van der Waals surface area contributed by atoms with Crippen LogP contribution in [0.15, 0.2) is 24.2 Å². The molecule has 0 fully saturated rings. The first-order chi connectivity index (χ1) is 5.46. The van der Waals surface area contributed by atoms with E-state index >= 15 is 0 Å². The quantitative estimate of drug-likeness (QED) is 0.530. The summed E-state index contributed by atoms with van der Waals surface area (Å²) < 4.78 is 28.1. The Bertz CT molecular complexity index is 232. The molecule has 0 radical (unpaired) electrons. The number of rotatable bonds is 0. The largest absolute Gasteiger partial charge is 0.508 e. The average Bonchev–Trinajstić information content (AvgIpc) is 2.08. The summed E-state index contributed by atoms with van der Waals surface area (Å²) in [6.07, 6.45) is 0. The van der Waals surface area contributed by atoms with Crippen LogP contribution in [-0.2, 0) is 0 Å². The van der Waals surface area contributed by atoms with Gasteiger partial charge in [-0.25, -0.2) is 0 Å². The Labute approximate surface area is 52.6 Å². The second kappa shape index (κ2) is 1.74. The summed E-state index contributed by atoms with van der Waals surface area (Å²) in [5.74, 6) is -1.54. The van der Waals surface area contributed by atoms with Gasteiger partial charge in [0.05, 0.1) is 5.48 Å². The predicted molar refractivity (Wildman–Crippen MR) is 29.8 cm³/mol. The molecule has 8 heavy (non-hydrogen) atoms. The van der Waals surface area contributed by atoms with E-state index in [1.807, 2.05) is 0 Å². The summed E-state index contributed by atoms with van der Waals surface area (Å²) in [5, 5.41) is 17.9. The van der Waals surface area contributed by atoms with Gasteiger partial charge in [-0.1, -0.05) is 6.04 Å². The fraction of sp³-hybridized carbons (Fsp3) is 0. The Morgan fingerprint density at radius 1 is 1.25 bits per heavy atom. The van der Waals surface area contributed by atoms with Crippen molar-refractivity contribution in [3.8, 4) is 11.5 Å². The average molecular weight is 114 g/mol.